The average molecular weight is 436 g/mol. The molecule has 0 saturated carbocycles. The number of carbonyl (C=O) groups is 1. The van der Waals surface area contributed by atoms with Gasteiger partial charge in [0.05, 0.1) is 10.2 Å². The van der Waals surface area contributed by atoms with Gasteiger partial charge in [-0.25, -0.2) is 4.98 Å². The standard InChI is InChI=1S/C22H17N3OS3/c1-14-4-10-18-19(13-14)29-21(24-18)15-5-7-16(8-6-15)23-22(27)25-20(26)11-9-17-3-2-12-28-17/h2-13H,1H3,(H2,23,25,26,27)/b11-9+. The third-order valence-electron chi connectivity index (χ3n) is 4.11. The van der Waals surface area contributed by atoms with Crippen molar-refractivity contribution in [2.24, 2.45) is 0 Å². The van der Waals surface area contributed by atoms with Gasteiger partial charge in [0.2, 0.25) is 5.91 Å². The van der Waals surface area contributed by atoms with E-state index in [0.717, 1.165) is 26.7 Å². The largest absolute Gasteiger partial charge is 0.332 e. The molecule has 2 aromatic heterocycles. The first kappa shape index (κ1) is 19.4. The molecular weight excluding hydrogens is 418 g/mol. The Kier molecular flexibility index (Phi) is 5.80. The van der Waals surface area contributed by atoms with Crippen LogP contribution in [0.2, 0.25) is 0 Å². The quantitative estimate of drug-likeness (QED) is 0.311. The van der Waals surface area contributed by atoms with Gasteiger partial charge in [-0.05, 0) is 78.6 Å². The summed E-state index contributed by atoms with van der Waals surface area (Å²) in [4.78, 5) is 17.7. The number of thiazole rings is 1. The highest BCUT2D eigenvalue weighted by atomic mass is 32.1. The second-order valence-corrected chi connectivity index (χ2v) is 8.78. The van der Waals surface area contributed by atoms with Gasteiger partial charge < -0.3 is 5.32 Å². The number of carbonyl (C=O) groups excluding carboxylic acids is 1. The maximum absolute atomic E-state index is 12.0. The molecule has 0 aliphatic carbocycles. The van der Waals surface area contributed by atoms with Gasteiger partial charge in [0, 0.05) is 22.2 Å². The number of anilines is 1. The SMILES string of the molecule is Cc1ccc2nc(-c3ccc(NC(=S)NC(=O)/C=C/c4cccs4)cc3)sc2c1. The van der Waals surface area contributed by atoms with Crippen LogP contribution in [0.15, 0.2) is 66.1 Å². The minimum Gasteiger partial charge on any atom is -0.332 e. The molecule has 2 N–H and O–H groups in total. The lowest BCUT2D eigenvalue weighted by atomic mass is 10.2. The van der Waals surface area contributed by atoms with Crippen LogP contribution in [0.1, 0.15) is 10.4 Å². The predicted octanol–water partition coefficient (Wildman–Crippen LogP) is 5.86. The molecule has 2 heterocycles. The molecule has 0 fully saturated rings. The van der Waals surface area contributed by atoms with E-state index in [-0.39, 0.29) is 11.0 Å². The summed E-state index contributed by atoms with van der Waals surface area (Å²) >= 11 is 8.47. The maximum atomic E-state index is 12.0. The van der Waals surface area contributed by atoms with Crippen LogP contribution >= 0.6 is 34.9 Å². The molecule has 4 nitrogen and oxygen atoms in total. The van der Waals surface area contributed by atoms with E-state index in [9.17, 15) is 4.79 Å². The topological polar surface area (TPSA) is 54.0 Å². The monoisotopic (exact) mass is 435 g/mol. The molecule has 4 aromatic rings. The van der Waals surface area contributed by atoms with Gasteiger partial charge in [-0.3, -0.25) is 10.1 Å². The normalized spacial score (nSPS) is 11.1. The lowest BCUT2D eigenvalue weighted by Crippen LogP contribution is -2.32. The van der Waals surface area contributed by atoms with E-state index in [4.69, 9.17) is 17.2 Å². The third kappa shape index (κ3) is 4.95. The van der Waals surface area contributed by atoms with Gasteiger partial charge in [0.25, 0.3) is 0 Å². The number of nitrogens with zero attached hydrogens (tertiary/aromatic N) is 1. The second-order valence-electron chi connectivity index (χ2n) is 6.36. The van der Waals surface area contributed by atoms with Crippen molar-refractivity contribution in [3.8, 4) is 10.6 Å². The Hall–Kier alpha value is -2.87. The number of nitrogens with one attached hydrogen (secondary N) is 2. The number of aromatic nitrogens is 1. The van der Waals surface area contributed by atoms with Crippen LogP contribution in [0.25, 0.3) is 26.9 Å². The third-order valence-corrected chi connectivity index (χ3v) is 6.22. The van der Waals surface area contributed by atoms with Crippen molar-refractivity contribution in [2.45, 2.75) is 6.92 Å². The summed E-state index contributed by atoms with van der Waals surface area (Å²) in [5.74, 6) is -0.266. The van der Waals surface area contributed by atoms with E-state index in [2.05, 4.69) is 35.8 Å². The number of fused-ring (bicyclic) bond motifs is 1. The average Bonchev–Trinajstić information content (AvgIpc) is 3.36. The van der Waals surface area contributed by atoms with Crippen molar-refractivity contribution < 1.29 is 4.79 Å². The minimum atomic E-state index is -0.266. The number of thiocarbonyl (C=S) groups is 1. The predicted molar refractivity (Wildman–Crippen MR) is 128 cm³/mol. The molecule has 0 saturated heterocycles. The molecule has 1 amide bonds. The Balaban J connectivity index is 1.38. The Morgan fingerprint density at radius 3 is 2.72 bits per heavy atom. The summed E-state index contributed by atoms with van der Waals surface area (Å²) in [5.41, 5.74) is 4.09. The van der Waals surface area contributed by atoms with Crippen molar-refractivity contribution in [3.05, 3.63) is 76.5 Å². The van der Waals surface area contributed by atoms with Crippen LogP contribution < -0.4 is 10.6 Å². The zero-order valence-electron chi connectivity index (χ0n) is 15.5. The number of amides is 1. The van der Waals surface area contributed by atoms with Gasteiger partial charge in [-0.2, -0.15) is 0 Å². The van der Waals surface area contributed by atoms with Gasteiger partial charge >= 0.3 is 0 Å². The molecule has 0 atom stereocenters. The summed E-state index contributed by atoms with van der Waals surface area (Å²) in [6, 6.07) is 18.0. The number of benzene rings is 2. The fraction of sp³-hybridized carbons (Fsp3) is 0.0455. The molecule has 2 aromatic carbocycles. The number of thiophene rings is 1. The Morgan fingerprint density at radius 1 is 1.14 bits per heavy atom. The summed E-state index contributed by atoms with van der Waals surface area (Å²) in [6.07, 6.45) is 3.23. The molecule has 0 unspecified atom stereocenters. The van der Waals surface area contributed by atoms with Crippen molar-refractivity contribution in [1.29, 1.82) is 0 Å². The molecule has 29 heavy (non-hydrogen) atoms. The molecule has 0 aliphatic rings. The first-order valence-corrected chi connectivity index (χ1v) is 11.0. The summed E-state index contributed by atoms with van der Waals surface area (Å²) < 4.78 is 1.18. The van der Waals surface area contributed by atoms with Crippen LogP contribution in [0.5, 0.6) is 0 Å². The van der Waals surface area contributed by atoms with E-state index in [1.165, 1.54) is 16.3 Å². The molecule has 0 bridgehead atoms. The highest BCUT2D eigenvalue weighted by molar-refractivity contribution is 7.80. The van der Waals surface area contributed by atoms with Gasteiger partial charge in [-0.1, -0.05) is 12.1 Å². The van der Waals surface area contributed by atoms with Crippen LogP contribution in [-0.2, 0) is 4.79 Å². The number of hydrogen-bond acceptors (Lipinski definition) is 5. The van der Waals surface area contributed by atoms with E-state index >= 15 is 0 Å². The van der Waals surface area contributed by atoms with E-state index in [1.807, 2.05) is 41.8 Å². The molecule has 4 rings (SSSR count). The van der Waals surface area contributed by atoms with Gasteiger partial charge in [-0.15, -0.1) is 22.7 Å². The Labute approximate surface area is 181 Å². The van der Waals surface area contributed by atoms with Crippen LogP contribution in [0.4, 0.5) is 5.69 Å². The molecule has 7 heteroatoms. The maximum Gasteiger partial charge on any atom is 0.250 e. The number of hydrogen-bond donors (Lipinski definition) is 2. The van der Waals surface area contributed by atoms with Crippen molar-refractivity contribution in [1.82, 2.24) is 10.3 Å². The Morgan fingerprint density at radius 2 is 1.97 bits per heavy atom. The molecular formula is C22H17N3OS3. The highest BCUT2D eigenvalue weighted by Gasteiger charge is 2.07. The lowest BCUT2D eigenvalue weighted by molar-refractivity contribution is -0.115. The fourth-order valence-electron chi connectivity index (χ4n) is 2.71. The molecule has 0 radical (unpaired) electrons. The first-order valence-electron chi connectivity index (χ1n) is 8.88. The highest BCUT2D eigenvalue weighted by Crippen LogP contribution is 2.31. The van der Waals surface area contributed by atoms with E-state index in [0.29, 0.717) is 0 Å². The summed E-state index contributed by atoms with van der Waals surface area (Å²) in [6.45, 7) is 2.08. The molecule has 0 aliphatic heterocycles. The summed E-state index contributed by atoms with van der Waals surface area (Å²) in [7, 11) is 0. The molecule has 0 spiro atoms. The smallest absolute Gasteiger partial charge is 0.250 e. The fourth-order valence-corrected chi connectivity index (χ4v) is 4.62. The van der Waals surface area contributed by atoms with E-state index < -0.39 is 0 Å². The Bertz CT molecular complexity index is 1190. The minimum absolute atomic E-state index is 0.258. The van der Waals surface area contributed by atoms with E-state index in [1.54, 1.807) is 28.7 Å². The zero-order valence-corrected chi connectivity index (χ0v) is 18.0. The second kappa shape index (κ2) is 8.65. The summed E-state index contributed by atoms with van der Waals surface area (Å²) in [5, 5.41) is 8.88. The first-order chi connectivity index (χ1) is 14.1. The number of rotatable bonds is 4. The van der Waals surface area contributed by atoms with Crippen LogP contribution in [-0.4, -0.2) is 16.0 Å². The van der Waals surface area contributed by atoms with Gasteiger partial charge in [0.15, 0.2) is 5.11 Å². The van der Waals surface area contributed by atoms with Crippen LogP contribution in [0, 0.1) is 6.92 Å². The van der Waals surface area contributed by atoms with Crippen LogP contribution in [0.3, 0.4) is 0 Å². The number of aryl methyl sites for hydroxylation is 1. The zero-order chi connectivity index (χ0) is 20.2. The van der Waals surface area contributed by atoms with Crippen molar-refractivity contribution in [3.63, 3.8) is 0 Å². The molecule has 144 valence electrons. The van der Waals surface area contributed by atoms with Crippen molar-refractivity contribution >= 4 is 67.9 Å². The van der Waals surface area contributed by atoms with Crippen molar-refractivity contribution in [2.75, 3.05) is 5.32 Å². The van der Waals surface area contributed by atoms with Gasteiger partial charge in [0.1, 0.15) is 5.01 Å². The lowest BCUT2D eigenvalue weighted by Gasteiger charge is -2.08.